The molecule has 0 atom stereocenters. The van der Waals surface area contributed by atoms with E-state index >= 15 is 0 Å². The second-order valence-electron chi connectivity index (χ2n) is 2.48. The number of nitrogens with zero attached hydrogens (tertiary/aromatic N) is 1. The number of hydrazone groups is 1. The van der Waals surface area contributed by atoms with Crippen LogP contribution in [0.3, 0.4) is 0 Å². The van der Waals surface area contributed by atoms with E-state index in [0.29, 0.717) is 0 Å². The number of benzene rings is 1. The van der Waals surface area contributed by atoms with Gasteiger partial charge >= 0.3 is 0 Å². The summed E-state index contributed by atoms with van der Waals surface area (Å²) >= 11 is 4.59. The summed E-state index contributed by atoms with van der Waals surface area (Å²) in [5, 5.41) is 3.96. The molecule has 4 nitrogen and oxygen atoms in total. The van der Waals surface area contributed by atoms with Gasteiger partial charge in [-0.05, 0) is 24.4 Å². The van der Waals surface area contributed by atoms with Crippen molar-refractivity contribution in [3.8, 4) is 5.75 Å². The summed E-state index contributed by atoms with van der Waals surface area (Å²) in [6, 6.07) is 7.51. The fourth-order valence-electron chi connectivity index (χ4n) is 0.939. The zero-order chi connectivity index (χ0) is 10.4. The van der Waals surface area contributed by atoms with E-state index in [0.717, 1.165) is 11.3 Å². The van der Waals surface area contributed by atoms with Gasteiger partial charge in [-0.25, -0.2) is 0 Å². The smallest absolute Gasteiger partial charge is 0.184 e. The van der Waals surface area contributed by atoms with Gasteiger partial charge in [-0.3, -0.25) is 5.43 Å². The fourth-order valence-corrected chi connectivity index (χ4v) is 0.991. The number of nitrogens with two attached hydrogens (primary N) is 1. The Morgan fingerprint density at radius 3 is 2.93 bits per heavy atom. The molecule has 14 heavy (non-hydrogen) atoms. The first kappa shape index (κ1) is 10.5. The van der Waals surface area contributed by atoms with Crippen LogP contribution >= 0.6 is 12.2 Å². The summed E-state index contributed by atoms with van der Waals surface area (Å²) in [7, 11) is 1.60. The molecular weight excluding hydrogens is 198 g/mol. The molecule has 0 saturated carbocycles. The lowest BCUT2D eigenvalue weighted by atomic mass is 10.2. The first-order valence-electron chi connectivity index (χ1n) is 3.95. The molecule has 0 amide bonds. The predicted molar refractivity (Wildman–Crippen MR) is 60.5 cm³/mol. The van der Waals surface area contributed by atoms with Gasteiger partial charge in [-0.2, -0.15) is 5.10 Å². The quantitative estimate of drug-likeness (QED) is 0.440. The van der Waals surface area contributed by atoms with Crippen LogP contribution in [-0.4, -0.2) is 18.4 Å². The Kier molecular flexibility index (Phi) is 3.87. The van der Waals surface area contributed by atoms with Crippen molar-refractivity contribution in [2.45, 2.75) is 0 Å². The summed E-state index contributed by atoms with van der Waals surface area (Å²) in [5.74, 6) is 0.751. The Morgan fingerprint density at radius 2 is 2.29 bits per heavy atom. The van der Waals surface area contributed by atoms with Gasteiger partial charge in [0.2, 0.25) is 0 Å². The van der Waals surface area contributed by atoms with E-state index in [9.17, 15) is 0 Å². The highest BCUT2D eigenvalue weighted by Gasteiger charge is 1.96. The number of para-hydroxylation sites is 1. The zero-order valence-corrected chi connectivity index (χ0v) is 8.54. The number of ether oxygens (including phenoxy) is 1. The molecule has 0 aliphatic carbocycles. The normalized spacial score (nSPS) is 10.1. The van der Waals surface area contributed by atoms with Crippen LogP contribution in [0.25, 0.3) is 0 Å². The van der Waals surface area contributed by atoms with E-state index in [2.05, 4.69) is 22.7 Å². The molecule has 0 aliphatic heterocycles. The highest BCUT2D eigenvalue weighted by Crippen LogP contribution is 2.14. The second kappa shape index (κ2) is 5.18. The topological polar surface area (TPSA) is 59.6 Å². The van der Waals surface area contributed by atoms with E-state index in [1.165, 1.54) is 0 Å². The Balaban J connectivity index is 2.75. The summed E-state index contributed by atoms with van der Waals surface area (Å²) in [6.45, 7) is 0. The van der Waals surface area contributed by atoms with Gasteiger partial charge in [0.1, 0.15) is 5.75 Å². The maximum absolute atomic E-state index is 5.20. The third-order valence-corrected chi connectivity index (χ3v) is 1.61. The van der Waals surface area contributed by atoms with E-state index in [4.69, 9.17) is 10.5 Å². The molecule has 0 aromatic heterocycles. The third kappa shape index (κ3) is 3.02. The summed E-state index contributed by atoms with van der Waals surface area (Å²) in [6.07, 6.45) is 1.60. The molecule has 1 rings (SSSR count). The molecule has 0 fully saturated rings. The lowest BCUT2D eigenvalue weighted by molar-refractivity contribution is 0.414. The molecule has 1 aromatic carbocycles. The van der Waals surface area contributed by atoms with Crippen LogP contribution in [0.15, 0.2) is 29.4 Å². The second-order valence-corrected chi connectivity index (χ2v) is 2.92. The minimum Gasteiger partial charge on any atom is -0.496 e. The van der Waals surface area contributed by atoms with Crippen LogP contribution in [0, 0.1) is 0 Å². The van der Waals surface area contributed by atoms with Crippen LogP contribution in [0.5, 0.6) is 5.75 Å². The molecule has 0 heterocycles. The Labute approximate surface area is 87.8 Å². The van der Waals surface area contributed by atoms with Crippen LogP contribution in [0.2, 0.25) is 0 Å². The minimum absolute atomic E-state index is 0.135. The van der Waals surface area contributed by atoms with Gasteiger partial charge in [0.25, 0.3) is 0 Å². The molecule has 0 saturated heterocycles. The maximum atomic E-state index is 5.20. The highest BCUT2D eigenvalue weighted by molar-refractivity contribution is 7.80. The van der Waals surface area contributed by atoms with Crippen LogP contribution in [0.1, 0.15) is 5.56 Å². The number of hydrogen-bond donors (Lipinski definition) is 2. The number of methoxy groups -OCH3 is 1. The van der Waals surface area contributed by atoms with Crippen molar-refractivity contribution in [3.05, 3.63) is 29.8 Å². The number of thiocarbonyl (C=S) groups is 1. The van der Waals surface area contributed by atoms with Gasteiger partial charge in [0.05, 0.1) is 13.3 Å². The van der Waals surface area contributed by atoms with Crippen molar-refractivity contribution < 1.29 is 4.74 Å². The maximum Gasteiger partial charge on any atom is 0.184 e. The minimum atomic E-state index is 0.135. The molecule has 0 radical (unpaired) electrons. The van der Waals surface area contributed by atoms with Crippen molar-refractivity contribution in [2.75, 3.05) is 7.11 Å². The third-order valence-electron chi connectivity index (χ3n) is 1.52. The standard InChI is InChI=1S/C9H11N3OS/c1-13-8-5-3-2-4-7(8)6-11-12-9(10)14/h2-6H,1H3,(H3,10,12,14). The van der Waals surface area contributed by atoms with Crippen molar-refractivity contribution in [2.24, 2.45) is 10.8 Å². The Hall–Kier alpha value is -1.62. The SMILES string of the molecule is COc1ccccc1C=NNC(N)=S. The molecule has 0 aliphatic rings. The average Bonchev–Trinajstić information content (AvgIpc) is 2.18. The summed E-state index contributed by atoms with van der Waals surface area (Å²) in [4.78, 5) is 0. The fraction of sp³-hybridized carbons (Fsp3) is 0.111. The van der Waals surface area contributed by atoms with Crippen molar-refractivity contribution >= 4 is 23.5 Å². The molecule has 3 N–H and O–H groups in total. The van der Waals surface area contributed by atoms with Gasteiger partial charge in [-0.15, -0.1) is 0 Å². The molecule has 0 unspecified atom stereocenters. The first-order valence-corrected chi connectivity index (χ1v) is 4.36. The monoisotopic (exact) mass is 209 g/mol. The van der Waals surface area contributed by atoms with Crippen molar-refractivity contribution in [1.29, 1.82) is 0 Å². The molecule has 1 aromatic rings. The highest BCUT2D eigenvalue weighted by atomic mass is 32.1. The van der Waals surface area contributed by atoms with Crippen LogP contribution in [0.4, 0.5) is 0 Å². The number of hydrogen-bond acceptors (Lipinski definition) is 3. The molecule has 0 spiro atoms. The molecular formula is C9H11N3OS. The average molecular weight is 209 g/mol. The van der Waals surface area contributed by atoms with Crippen molar-refractivity contribution in [1.82, 2.24) is 5.43 Å². The summed E-state index contributed by atoms with van der Waals surface area (Å²) < 4.78 is 5.12. The zero-order valence-electron chi connectivity index (χ0n) is 7.73. The molecule has 5 heteroatoms. The van der Waals surface area contributed by atoms with Gasteiger partial charge < -0.3 is 10.5 Å². The van der Waals surface area contributed by atoms with Crippen LogP contribution < -0.4 is 15.9 Å². The first-order chi connectivity index (χ1) is 6.74. The molecule has 74 valence electrons. The lowest BCUT2D eigenvalue weighted by Gasteiger charge is -2.02. The van der Waals surface area contributed by atoms with Gasteiger partial charge in [-0.1, -0.05) is 12.1 Å². The van der Waals surface area contributed by atoms with Gasteiger partial charge in [0, 0.05) is 5.56 Å². The van der Waals surface area contributed by atoms with E-state index in [1.807, 2.05) is 24.3 Å². The largest absolute Gasteiger partial charge is 0.496 e. The molecule has 0 bridgehead atoms. The number of rotatable bonds is 3. The lowest BCUT2D eigenvalue weighted by Crippen LogP contribution is -2.24. The van der Waals surface area contributed by atoms with Gasteiger partial charge in [0.15, 0.2) is 5.11 Å². The van der Waals surface area contributed by atoms with E-state index in [1.54, 1.807) is 13.3 Å². The Bertz CT molecular complexity index is 352. The predicted octanol–water partition coefficient (Wildman–Crippen LogP) is 0.862. The van der Waals surface area contributed by atoms with Crippen molar-refractivity contribution in [3.63, 3.8) is 0 Å². The van der Waals surface area contributed by atoms with E-state index in [-0.39, 0.29) is 5.11 Å². The Morgan fingerprint density at radius 1 is 1.57 bits per heavy atom. The van der Waals surface area contributed by atoms with E-state index < -0.39 is 0 Å². The van der Waals surface area contributed by atoms with Crippen LogP contribution in [-0.2, 0) is 0 Å². The number of nitrogens with one attached hydrogen (secondary N) is 1. The summed E-state index contributed by atoms with van der Waals surface area (Å²) in [5.41, 5.74) is 8.53.